The van der Waals surface area contributed by atoms with Crippen molar-refractivity contribution < 1.29 is 9.53 Å². The van der Waals surface area contributed by atoms with Crippen LogP contribution in [0.25, 0.3) is 0 Å². The molecular formula is C16H28N2O2S. The van der Waals surface area contributed by atoms with Gasteiger partial charge in [-0.05, 0) is 55.0 Å². The van der Waals surface area contributed by atoms with Gasteiger partial charge in [-0.25, -0.2) is 4.79 Å². The molecule has 2 N–H and O–H groups in total. The molecule has 0 aromatic carbocycles. The first kappa shape index (κ1) is 18.0. The molecule has 1 aromatic heterocycles. The van der Waals surface area contributed by atoms with Crippen LogP contribution in [-0.2, 0) is 11.3 Å². The fraction of sp³-hybridized carbons (Fsp3) is 0.688. The van der Waals surface area contributed by atoms with Crippen LogP contribution in [0.5, 0.6) is 0 Å². The van der Waals surface area contributed by atoms with Crippen LogP contribution in [0, 0.1) is 11.8 Å². The van der Waals surface area contributed by atoms with Crippen molar-refractivity contribution >= 4 is 17.4 Å². The van der Waals surface area contributed by atoms with Gasteiger partial charge in [0.25, 0.3) is 0 Å². The fourth-order valence-electron chi connectivity index (χ4n) is 1.87. The second kappa shape index (κ2) is 8.39. The van der Waals surface area contributed by atoms with E-state index < -0.39 is 5.60 Å². The lowest BCUT2D eigenvalue weighted by Gasteiger charge is -2.24. The molecule has 0 fully saturated rings. The molecule has 0 aliphatic heterocycles. The van der Waals surface area contributed by atoms with Crippen LogP contribution in [0.4, 0.5) is 4.79 Å². The molecule has 0 aliphatic rings. The number of rotatable bonds is 7. The van der Waals surface area contributed by atoms with Crippen LogP contribution in [0.1, 0.15) is 40.2 Å². The Morgan fingerprint density at radius 3 is 2.57 bits per heavy atom. The molecule has 1 aromatic rings. The van der Waals surface area contributed by atoms with Gasteiger partial charge in [0, 0.05) is 19.6 Å². The van der Waals surface area contributed by atoms with Crippen molar-refractivity contribution in [3.05, 3.63) is 22.4 Å². The van der Waals surface area contributed by atoms with Gasteiger partial charge in [-0.15, -0.1) is 0 Å². The first-order valence-corrected chi connectivity index (χ1v) is 8.41. The van der Waals surface area contributed by atoms with Crippen molar-refractivity contribution in [2.24, 2.45) is 11.8 Å². The SMILES string of the molecule is CC(C)C(CNCc1ccsc1)CNC(=O)OC(C)(C)C. The van der Waals surface area contributed by atoms with Crippen molar-refractivity contribution in [1.29, 1.82) is 0 Å². The van der Waals surface area contributed by atoms with Crippen LogP contribution < -0.4 is 10.6 Å². The van der Waals surface area contributed by atoms with Gasteiger partial charge >= 0.3 is 6.09 Å². The quantitative estimate of drug-likeness (QED) is 0.808. The lowest BCUT2D eigenvalue weighted by Crippen LogP contribution is -2.39. The Balaban J connectivity index is 2.31. The number of thiophene rings is 1. The summed E-state index contributed by atoms with van der Waals surface area (Å²) in [7, 11) is 0. The van der Waals surface area contributed by atoms with Crippen molar-refractivity contribution in [1.82, 2.24) is 10.6 Å². The molecule has 1 heterocycles. The second-order valence-corrected chi connectivity index (χ2v) is 7.43. The molecule has 0 saturated carbocycles. The third-order valence-corrected chi connectivity index (χ3v) is 3.90. The standard InChI is InChI=1S/C16H28N2O2S/c1-12(2)14(9-17-8-13-6-7-21-11-13)10-18-15(19)20-16(3,4)5/h6-7,11-12,14,17H,8-10H2,1-5H3,(H,18,19). The highest BCUT2D eigenvalue weighted by atomic mass is 32.1. The molecule has 0 saturated heterocycles. The van der Waals surface area contributed by atoms with Crippen molar-refractivity contribution in [3.8, 4) is 0 Å². The highest BCUT2D eigenvalue weighted by Crippen LogP contribution is 2.11. The highest BCUT2D eigenvalue weighted by molar-refractivity contribution is 7.07. The summed E-state index contributed by atoms with van der Waals surface area (Å²) in [6.45, 7) is 12.3. The summed E-state index contributed by atoms with van der Waals surface area (Å²) < 4.78 is 5.26. The van der Waals surface area contributed by atoms with E-state index >= 15 is 0 Å². The number of ether oxygens (including phenoxy) is 1. The van der Waals surface area contributed by atoms with Crippen molar-refractivity contribution in [2.75, 3.05) is 13.1 Å². The molecule has 0 radical (unpaired) electrons. The monoisotopic (exact) mass is 312 g/mol. The summed E-state index contributed by atoms with van der Waals surface area (Å²) in [5.74, 6) is 0.881. The highest BCUT2D eigenvalue weighted by Gasteiger charge is 2.18. The van der Waals surface area contributed by atoms with Gasteiger partial charge < -0.3 is 15.4 Å². The Hall–Kier alpha value is -1.07. The van der Waals surface area contributed by atoms with E-state index in [1.807, 2.05) is 20.8 Å². The van der Waals surface area contributed by atoms with E-state index in [1.165, 1.54) is 5.56 Å². The van der Waals surface area contributed by atoms with Gasteiger partial charge in [0.15, 0.2) is 0 Å². The summed E-state index contributed by atoms with van der Waals surface area (Å²) in [6.07, 6.45) is -0.342. The molecule has 1 rings (SSSR count). The van der Waals surface area contributed by atoms with Crippen LogP contribution in [0.2, 0.25) is 0 Å². The molecule has 0 spiro atoms. The van der Waals surface area contributed by atoms with Crippen molar-refractivity contribution in [3.63, 3.8) is 0 Å². The number of carbonyl (C=O) groups is 1. The van der Waals surface area contributed by atoms with E-state index in [0.717, 1.165) is 13.1 Å². The Morgan fingerprint density at radius 2 is 2.05 bits per heavy atom. The van der Waals surface area contributed by atoms with E-state index in [4.69, 9.17) is 4.74 Å². The Labute approximate surface area is 132 Å². The average Bonchev–Trinajstić information content (AvgIpc) is 2.83. The van der Waals surface area contributed by atoms with Crippen LogP contribution in [0.3, 0.4) is 0 Å². The zero-order valence-electron chi connectivity index (χ0n) is 13.7. The van der Waals surface area contributed by atoms with Gasteiger partial charge in [-0.1, -0.05) is 13.8 Å². The molecule has 1 unspecified atom stereocenters. The van der Waals surface area contributed by atoms with E-state index in [2.05, 4.69) is 41.3 Å². The first-order chi connectivity index (χ1) is 9.78. The molecule has 5 heteroatoms. The second-order valence-electron chi connectivity index (χ2n) is 6.65. The lowest BCUT2D eigenvalue weighted by atomic mass is 9.95. The predicted molar refractivity (Wildman–Crippen MR) is 88.6 cm³/mol. The number of hydrogen-bond donors (Lipinski definition) is 2. The molecule has 120 valence electrons. The number of hydrogen-bond acceptors (Lipinski definition) is 4. The van der Waals surface area contributed by atoms with Crippen LogP contribution in [0.15, 0.2) is 16.8 Å². The topological polar surface area (TPSA) is 50.4 Å². The van der Waals surface area contributed by atoms with E-state index in [9.17, 15) is 4.79 Å². The smallest absolute Gasteiger partial charge is 0.407 e. The zero-order valence-corrected chi connectivity index (χ0v) is 14.5. The first-order valence-electron chi connectivity index (χ1n) is 7.46. The summed E-state index contributed by atoms with van der Waals surface area (Å²) >= 11 is 1.71. The fourth-order valence-corrected chi connectivity index (χ4v) is 2.54. The molecule has 0 aliphatic carbocycles. The number of amides is 1. The van der Waals surface area contributed by atoms with Gasteiger partial charge in [0.05, 0.1) is 0 Å². The summed E-state index contributed by atoms with van der Waals surface area (Å²) in [5, 5.41) is 10.6. The largest absolute Gasteiger partial charge is 0.444 e. The molecule has 1 atom stereocenters. The van der Waals surface area contributed by atoms with Crippen LogP contribution >= 0.6 is 11.3 Å². The maximum atomic E-state index is 11.7. The minimum absolute atomic E-state index is 0.342. The zero-order chi connectivity index (χ0) is 15.9. The van der Waals surface area contributed by atoms with Gasteiger partial charge in [0.2, 0.25) is 0 Å². The Bertz CT molecular complexity index is 410. The van der Waals surface area contributed by atoms with Crippen LogP contribution in [-0.4, -0.2) is 24.8 Å². The minimum atomic E-state index is -0.450. The normalized spacial score (nSPS) is 13.2. The third kappa shape index (κ3) is 8.07. The average molecular weight is 312 g/mol. The van der Waals surface area contributed by atoms with Gasteiger partial charge in [0.1, 0.15) is 5.60 Å². The third-order valence-electron chi connectivity index (χ3n) is 3.17. The summed E-state index contributed by atoms with van der Waals surface area (Å²) in [6, 6.07) is 2.13. The minimum Gasteiger partial charge on any atom is -0.444 e. The van der Waals surface area contributed by atoms with E-state index in [-0.39, 0.29) is 6.09 Å². The number of alkyl carbamates (subject to hydrolysis) is 1. The molecule has 1 amide bonds. The lowest BCUT2D eigenvalue weighted by molar-refractivity contribution is 0.0515. The summed E-state index contributed by atoms with van der Waals surface area (Å²) in [5.41, 5.74) is 0.858. The molecule has 21 heavy (non-hydrogen) atoms. The Kier molecular flexibility index (Phi) is 7.18. The maximum absolute atomic E-state index is 11.7. The number of nitrogens with one attached hydrogen (secondary N) is 2. The molecular weight excluding hydrogens is 284 g/mol. The van der Waals surface area contributed by atoms with Gasteiger partial charge in [-0.2, -0.15) is 11.3 Å². The van der Waals surface area contributed by atoms with E-state index in [1.54, 1.807) is 11.3 Å². The maximum Gasteiger partial charge on any atom is 0.407 e. The predicted octanol–water partition coefficient (Wildman–Crippen LogP) is 3.63. The Morgan fingerprint density at radius 1 is 1.33 bits per heavy atom. The molecule has 0 bridgehead atoms. The van der Waals surface area contributed by atoms with Crippen molar-refractivity contribution in [2.45, 2.75) is 46.8 Å². The summed E-state index contributed by atoms with van der Waals surface area (Å²) in [4.78, 5) is 11.7. The number of carbonyl (C=O) groups excluding carboxylic acids is 1. The van der Waals surface area contributed by atoms with Gasteiger partial charge in [-0.3, -0.25) is 0 Å². The van der Waals surface area contributed by atoms with E-state index in [0.29, 0.717) is 18.4 Å². The molecule has 4 nitrogen and oxygen atoms in total.